The predicted molar refractivity (Wildman–Crippen MR) is 114 cm³/mol. The molecule has 1 amide bonds. The van der Waals surface area contributed by atoms with Crippen molar-refractivity contribution >= 4 is 22.7 Å². The number of carbonyl (C=O) groups excluding carboxylic acids is 1. The number of oxazole rings is 1. The first kappa shape index (κ1) is 19.8. The van der Waals surface area contributed by atoms with Crippen LogP contribution in [0.2, 0.25) is 0 Å². The molecule has 0 aliphatic carbocycles. The molecule has 0 aliphatic rings. The van der Waals surface area contributed by atoms with Gasteiger partial charge in [0.2, 0.25) is 23.6 Å². The number of hydrogen-bond donors (Lipinski definition) is 1. The van der Waals surface area contributed by atoms with Crippen LogP contribution in [0, 0.1) is 0 Å². The first-order valence-corrected chi connectivity index (χ1v) is 9.97. The monoisotopic (exact) mass is 404 g/mol. The smallest absolute Gasteiger partial charge is 0.247 e. The SMILES string of the molecule is CC(C)(C)c1nc2cc(NC(=O)CCCc3nnc(-c4ccccc4)o3)ccc2o1. The zero-order valence-corrected chi connectivity index (χ0v) is 17.3. The Kier molecular flexibility index (Phi) is 5.35. The Morgan fingerprint density at radius 2 is 1.83 bits per heavy atom. The van der Waals surface area contributed by atoms with Crippen molar-refractivity contribution in [2.24, 2.45) is 0 Å². The van der Waals surface area contributed by atoms with Gasteiger partial charge in [-0.3, -0.25) is 4.79 Å². The third kappa shape index (κ3) is 4.56. The molecule has 0 fully saturated rings. The number of nitrogens with zero attached hydrogens (tertiary/aromatic N) is 3. The Hall–Kier alpha value is -3.48. The van der Waals surface area contributed by atoms with Crippen molar-refractivity contribution in [3.05, 3.63) is 60.3 Å². The Morgan fingerprint density at radius 3 is 2.60 bits per heavy atom. The molecular formula is C23H24N4O3. The second kappa shape index (κ2) is 8.10. The number of aromatic nitrogens is 3. The second-order valence-corrected chi connectivity index (χ2v) is 8.22. The standard InChI is InChI=1S/C23H24N4O3/c1-23(2,3)22-25-17-14-16(12-13-18(17)29-22)24-19(28)10-7-11-20-26-27-21(30-20)15-8-5-4-6-9-15/h4-6,8-9,12-14H,7,10-11H2,1-3H3,(H,24,28). The van der Waals surface area contributed by atoms with E-state index in [0.717, 1.165) is 11.1 Å². The summed E-state index contributed by atoms with van der Waals surface area (Å²) in [5, 5.41) is 11.0. The minimum absolute atomic E-state index is 0.0725. The molecule has 2 aromatic heterocycles. The number of anilines is 1. The van der Waals surface area contributed by atoms with E-state index >= 15 is 0 Å². The van der Waals surface area contributed by atoms with E-state index < -0.39 is 0 Å². The highest BCUT2D eigenvalue weighted by atomic mass is 16.4. The van der Waals surface area contributed by atoms with Gasteiger partial charge in [-0.05, 0) is 36.8 Å². The molecule has 0 bridgehead atoms. The van der Waals surface area contributed by atoms with Crippen LogP contribution in [0.25, 0.3) is 22.6 Å². The van der Waals surface area contributed by atoms with Gasteiger partial charge in [0.15, 0.2) is 5.58 Å². The van der Waals surface area contributed by atoms with Gasteiger partial charge in [-0.2, -0.15) is 0 Å². The number of benzene rings is 2. The fraction of sp³-hybridized carbons (Fsp3) is 0.304. The van der Waals surface area contributed by atoms with Gasteiger partial charge in [0, 0.05) is 29.5 Å². The van der Waals surface area contributed by atoms with Crippen LogP contribution in [-0.4, -0.2) is 21.1 Å². The van der Waals surface area contributed by atoms with Crippen LogP contribution >= 0.6 is 0 Å². The maximum atomic E-state index is 12.3. The number of amides is 1. The molecule has 30 heavy (non-hydrogen) atoms. The number of carbonyl (C=O) groups is 1. The Balaban J connectivity index is 1.31. The number of hydrogen-bond acceptors (Lipinski definition) is 6. The zero-order chi connectivity index (χ0) is 21.1. The number of nitrogens with one attached hydrogen (secondary N) is 1. The van der Waals surface area contributed by atoms with Crippen LogP contribution in [0.15, 0.2) is 57.4 Å². The Labute approximate surface area is 174 Å². The summed E-state index contributed by atoms with van der Waals surface area (Å²) in [5.74, 6) is 1.62. The highest BCUT2D eigenvalue weighted by molar-refractivity contribution is 5.92. The zero-order valence-electron chi connectivity index (χ0n) is 17.3. The maximum absolute atomic E-state index is 12.3. The molecule has 2 heterocycles. The summed E-state index contributed by atoms with van der Waals surface area (Å²) in [7, 11) is 0. The van der Waals surface area contributed by atoms with E-state index in [4.69, 9.17) is 8.83 Å². The van der Waals surface area contributed by atoms with E-state index in [-0.39, 0.29) is 11.3 Å². The van der Waals surface area contributed by atoms with E-state index in [1.807, 2.05) is 69.3 Å². The van der Waals surface area contributed by atoms with Gasteiger partial charge in [0.05, 0.1) is 0 Å². The van der Waals surface area contributed by atoms with Gasteiger partial charge in [-0.25, -0.2) is 4.98 Å². The topological polar surface area (TPSA) is 94.1 Å². The molecule has 0 atom stereocenters. The Bertz CT molecular complexity index is 1160. The van der Waals surface area contributed by atoms with Gasteiger partial charge in [0.1, 0.15) is 5.52 Å². The van der Waals surface area contributed by atoms with Gasteiger partial charge in [0.25, 0.3) is 0 Å². The van der Waals surface area contributed by atoms with Crippen LogP contribution in [0.5, 0.6) is 0 Å². The van der Waals surface area contributed by atoms with Crippen LogP contribution in [0.3, 0.4) is 0 Å². The van der Waals surface area contributed by atoms with Gasteiger partial charge < -0.3 is 14.2 Å². The minimum atomic E-state index is -0.169. The summed E-state index contributed by atoms with van der Waals surface area (Å²) in [5.41, 5.74) is 2.86. The maximum Gasteiger partial charge on any atom is 0.247 e. The quantitative estimate of drug-likeness (QED) is 0.478. The summed E-state index contributed by atoms with van der Waals surface area (Å²) >= 11 is 0. The molecule has 0 spiro atoms. The van der Waals surface area contributed by atoms with Crippen LogP contribution in [0.1, 0.15) is 45.4 Å². The molecule has 2 aromatic carbocycles. The molecule has 7 nitrogen and oxygen atoms in total. The first-order chi connectivity index (χ1) is 14.4. The lowest BCUT2D eigenvalue weighted by Crippen LogP contribution is -2.11. The first-order valence-electron chi connectivity index (χ1n) is 9.97. The molecule has 0 aliphatic heterocycles. The van der Waals surface area contributed by atoms with Gasteiger partial charge in [-0.15, -0.1) is 10.2 Å². The average Bonchev–Trinajstić information content (AvgIpc) is 3.35. The molecule has 0 saturated carbocycles. The predicted octanol–water partition coefficient (Wildman–Crippen LogP) is 5.14. The molecule has 0 radical (unpaired) electrons. The fourth-order valence-electron chi connectivity index (χ4n) is 3.00. The largest absolute Gasteiger partial charge is 0.440 e. The highest BCUT2D eigenvalue weighted by Gasteiger charge is 2.21. The van der Waals surface area contributed by atoms with Crippen molar-refractivity contribution in [2.45, 2.75) is 45.4 Å². The molecule has 0 saturated heterocycles. The van der Waals surface area contributed by atoms with Crippen molar-refractivity contribution in [2.75, 3.05) is 5.32 Å². The highest BCUT2D eigenvalue weighted by Crippen LogP contribution is 2.27. The van der Waals surface area contributed by atoms with E-state index in [1.165, 1.54) is 0 Å². The Morgan fingerprint density at radius 1 is 1.03 bits per heavy atom. The average molecular weight is 404 g/mol. The van der Waals surface area contributed by atoms with Crippen molar-refractivity contribution < 1.29 is 13.6 Å². The summed E-state index contributed by atoms with van der Waals surface area (Å²) in [4.78, 5) is 16.8. The molecule has 0 unspecified atom stereocenters. The lowest BCUT2D eigenvalue weighted by Gasteiger charge is -2.11. The second-order valence-electron chi connectivity index (χ2n) is 8.22. The van der Waals surface area contributed by atoms with Crippen molar-refractivity contribution in [1.82, 2.24) is 15.2 Å². The molecule has 4 rings (SSSR count). The lowest BCUT2D eigenvalue weighted by atomic mass is 9.97. The van der Waals surface area contributed by atoms with Crippen molar-refractivity contribution in [1.29, 1.82) is 0 Å². The summed E-state index contributed by atoms with van der Waals surface area (Å²) in [6.45, 7) is 6.14. The molecule has 1 N–H and O–H groups in total. The third-order valence-corrected chi connectivity index (χ3v) is 4.59. The molecule has 4 aromatic rings. The van der Waals surface area contributed by atoms with Crippen LogP contribution in [0.4, 0.5) is 5.69 Å². The van der Waals surface area contributed by atoms with E-state index in [2.05, 4.69) is 20.5 Å². The molecule has 7 heteroatoms. The number of fused-ring (bicyclic) bond motifs is 1. The lowest BCUT2D eigenvalue weighted by molar-refractivity contribution is -0.116. The van der Waals surface area contributed by atoms with Gasteiger partial charge >= 0.3 is 0 Å². The van der Waals surface area contributed by atoms with Crippen molar-refractivity contribution in [3.8, 4) is 11.5 Å². The normalized spacial score (nSPS) is 11.7. The summed E-state index contributed by atoms with van der Waals surface area (Å²) in [6, 6.07) is 15.1. The van der Waals surface area contributed by atoms with E-state index in [0.29, 0.717) is 48.2 Å². The van der Waals surface area contributed by atoms with Crippen LogP contribution in [-0.2, 0) is 16.6 Å². The number of rotatable bonds is 6. The van der Waals surface area contributed by atoms with E-state index in [9.17, 15) is 4.79 Å². The minimum Gasteiger partial charge on any atom is -0.440 e. The van der Waals surface area contributed by atoms with Crippen molar-refractivity contribution in [3.63, 3.8) is 0 Å². The third-order valence-electron chi connectivity index (χ3n) is 4.59. The van der Waals surface area contributed by atoms with E-state index in [1.54, 1.807) is 0 Å². The summed E-state index contributed by atoms with van der Waals surface area (Å²) in [6.07, 6.45) is 1.51. The van der Waals surface area contributed by atoms with Gasteiger partial charge in [-0.1, -0.05) is 39.0 Å². The van der Waals surface area contributed by atoms with Crippen LogP contribution < -0.4 is 5.32 Å². The molecular weight excluding hydrogens is 380 g/mol. The fourth-order valence-corrected chi connectivity index (χ4v) is 3.00. The summed E-state index contributed by atoms with van der Waals surface area (Å²) < 4.78 is 11.5. The molecule has 154 valence electrons. The number of aryl methyl sites for hydroxylation is 1.